The summed E-state index contributed by atoms with van der Waals surface area (Å²) in [7, 11) is 0. The molecular weight excluding hydrogens is 310 g/mol. The molecule has 0 bridgehead atoms. The summed E-state index contributed by atoms with van der Waals surface area (Å²) in [5.74, 6) is -1.45. The molecule has 0 aromatic heterocycles. The Morgan fingerprint density at radius 1 is 1.17 bits per heavy atom. The number of nitrogens with one attached hydrogen (secondary N) is 1. The van der Waals surface area contributed by atoms with E-state index in [-0.39, 0.29) is 11.7 Å². The van der Waals surface area contributed by atoms with E-state index >= 15 is 0 Å². The molecule has 4 N–H and O–H groups in total. The number of carbonyl (C=O) groups is 1. The molecule has 0 radical (unpaired) electrons. The molecule has 0 saturated carbocycles. The number of hydrogen-bond acceptors (Lipinski definition) is 3. The molecule has 1 atom stereocenters. The highest BCUT2D eigenvalue weighted by molar-refractivity contribution is 7.80. The normalized spacial score (nSPS) is 11.5. The zero-order valence-electron chi connectivity index (χ0n) is 12.8. The third kappa shape index (κ3) is 4.69. The minimum Gasteiger partial charge on any atom is -0.481 e. The van der Waals surface area contributed by atoms with Crippen molar-refractivity contribution < 1.29 is 9.90 Å². The summed E-state index contributed by atoms with van der Waals surface area (Å²) in [6, 6.07) is 17.3. The number of para-hydroxylation sites is 1. The largest absolute Gasteiger partial charge is 0.481 e. The maximum Gasteiger partial charge on any atom is 0.308 e. The first kappa shape index (κ1) is 16.8. The second kappa shape index (κ2) is 7.60. The Morgan fingerprint density at radius 3 is 2.26 bits per heavy atom. The van der Waals surface area contributed by atoms with Crippen LogP contribution in [0.1, 0.15) is 6.92 Å². The van der Waals surface area contributed by atoms with E-state index in [2.05, 4.69) is 5.32 Å². The minimum absolute atomic E-state index is 0.155. The fourth-order valence-electron chi connectivity index (χ4n) is 2.09. The molecule has 2 rings (SSSR count). The van der Waals surface area contributed by atoms with Gasteiger partial charge in [0.05, 0.1) is 5.92 Å². The molecule has 2 aromatic carbocycles. The van der Waals surface area contributed by atoms with Crippen molar-refractivity contribution in [2.24, 2.45) is 11.7 Å². The molecule has 120 valence electrons. The number of thiocarbonyl (C=S) groups is 1. The third-order valence-corrected chi connectivity index (χ3v) is 3.61. The third-order valence-electron chi connectivity index (χ3n) is 3.39. The highest BCUT2D eigenvalue weighted by Crippen LogP contribution is 2.22. The molecule has 0 aliphatic carbocycles. The van der Waals surface area contributed by atoms with Gasteiger partial charge in [-0.15, -0.1) is 0 Å². The molecule has 0 fully saturated rings. The average Bonchev–Trinajstić information content (AvgIpc) is 2.54. The quantitative estimate of drug-likeness (QED) is 0.706. The lowest BCUT2D eigenvalue weighted by atomic mass is 10.1. The number of nitrogens with zero attached hydrogens (tertiary/aromatic N) is 1. The predicted octanol–water partition coefficient (Wildman–Crippen LogP) is 3.20. The summed E-state index contributed by atoms with van der Waals surface area (Å²) < 4.78 is 0. The number of hydrogen-bond donors (Lipinski definition) is 3. The van der Waals surface area contributed by atoms with Gasteiger partial charge in [-0.2, -0.15) is 0 Å². The topological polar surface area (TPSA) is 78.6 Å². The molecule has 0 amide bonds. The van der Waals surface area contributed by atoms with Crippen LogP contribution in [0.3, 0.4) is 0 Å². The molecule has 0 saturated heterocycles. The van der Waals surface area contributed by atoms with Crippen LogP contribution in [0, 0.1) is 5.92 Å². The molecule has 0 spiro atoms. The summed E-state index contributed by atoms with van der Waals surface area (Å²) in [6.45, 7) is 1.86. The minimum atomic E-state index is -0.881. The first-order valence-electron chi connectivity index (χ1n) is 7.19. The summed E-state index contributed by atoms with van der Waals surface area (Å²) in [5, 5.41) is 12.5. The van der Waals surface area contributed by atoms with Crippen molar-refractivity contribution in [2.45, 2.75) is 6.92 Å². The zero-order valence-corrected chi connectivity index (χ0v) is 13.6. The van der Waals surface area contributed by atoms with Gasteiger partial charge in [0.25, 0.3) is 0 Å². The Morgan fingerprint density at radius 2 is 1.74 bits per heavy atom. The van der Waals surface area contributed by atoms with Crippen LogP contribution in [0.2, 0.25) is 0 Å². The van der Waals surface area contributed by atoms with Crippen LogP contribution in [0.4, 0.5) is 17.1 Å². The molecule has 0 heterocycles. The van der Waals surface area contributed by atoms with Crippen molar-refractivity contribution in [3.05, 3.63) is 54.6 Å². The fourth-order valence-corrected chi connectivity index (χ4v) is 2.27. The number of carboxylic acid groups (broad SMARTS) is 1. The van der Waals surface area contributed by atoms with Crippen LogP contribution in [0.25, 0.3) is 0 Å². The molecule has 23 heavy (non-hydrogen) atoms. The van der Waals surface area contributed by atoms with Gasteiger partial charge in [-0.1, -0.05) is 25.1 Å². The van der Waals surface area contributed by atoms with Crippen molar-refractivity contribution >= 4 is 40.4 Å². The number of anilines is 3. The summed E-state index contributed by atoms with van der Waals surface area (Å²) >= 11 is 5.04. The maximum absolute atomic E-state index is 11.0. The Bertz CT molecular complexity index is 674. The van der Waals surface area contributed by atoms with Crippen LogP contribution in [-0.4, -0.2) is 22.7 Å². The van der Waals surface area contributed by atoms with Gasteiger partial charge in [0.15, 0.2) is 5.11 Å². The Balaban J connectivity index is 2.12. The second-order valence-electron chi connectivity index (χ2n) is 5.23. The standard InChI is InChI=1S/C17H19N3O2S/c1-12(16(21)22)11-20(17(18)23)15-9-7-14(8-10-15)19-13-5-3-2-4-6-13/h2-10,12,19H,11H2,1H3,(H2,18,23)(H,21,22). The molecule has 1 unspecified atom stereocenters. The van der Waals surface area contributed by atoms with E-state index in [9.17, 15) is 4.79 Å². The molecular formula is C17H19N3O2S. The first-order valence-corrected chi connectivity index (χ1v) is 7.60. The van der Waals surface area contributed by atoms with E-state index < -0.39 is 11.9 Å². The molecule has 0 aliphatic heterocycles. The molecule has 0 aliphatic rings. The Hall–Kier alpha value is -2.60. The van der Waals surface area contributed by atoms with Gasteiger partial charge in [-0.05, 0) is 48.6 Å². The van der Waals surface area contributed by atoms with Crippen LogP contribution in [0.5, 0.6) is 0 Å². The van der Waals surface area contributed by atoms with E-state index in [1.165, 1.54) is 0 Å². The number of rotatable bonds is 6. The predicted molar refractivity (Wildman–Crippen MR) is 97.1 cm³/mol. The van der Waals surface area contributed by atoms with Crippen molar-refractivity contribution in [1.82, 2.24) is 0 Å². The first-order chi connectivity index (χ1) is 11.0. The van der Waals surface area contributed by atoms with Crippen molar-refractivity contribution in [2.75, 3.05) is 16.8 Å². The van der Waals surface area contributed by atoms with Gasteiger partial charge in [-0.25, -0.2) is 0 Å². The van der Waals surface area contributed by atoms with Gasteiger partial charge < -0.3 is 21.1 Å². The number of carboxylic acids is 1. The van der Waals surface area contributed by atoms with Crippen LogP contribution >= 0.6 is 12.2 Å². The second-order valence-corrected chi connectivity index (χ2v) is 5.64. The Kier molecular flexibility index (Phi) is 5.54. The van der Waals surface area contributed by atoms with Crippen molar-refractivity contribution in [1.29, 1.82) is 0 Å². The van der Waals surface area contributed by atoms with Gasteiger partial charge in [0.1, 0.15) is 0 Å². The SMILES string of the molecule is CC(CN(C(N)=S)c1ccc(Nc2ccccc2)cc1)C(=O)O. The van der Waals surface area contributed by atoms with Gasteiger partial charge in [0.2, 0.25) is 0 Å². The molecule has 2 aromatic rings. The smallest absolute Gasteiger partial charge is 0.308 e. The number of benzene rings is 2. The van der Waals surface area contributed by atoms with Crippen LogP contribution < -0.4 is 16.0 Å². The van der Waals surface area contributed by atoms with E-state index in [0.717, 1.165) is 17.1 Å². The molecule has 6 heteroatoms. The molecule has 5 nitrogen and oxygen atoms in total. The fraction of sp³-hybridized carbons (Fsp3) is 0.176. The van der Waals surface area contributed by atoms with Crippen molar-refractivity contribution in [3.63, 3.8) is 0 Å². The summed E-state index contributed by atoms with van der Waals surface area (Å²) in [4.78, 5) is 12.7. The lowest BCUT2D eigenvalue weighted by Crippen LogP contribution is -2.40. The van der Waals surface area contributed by atoms with Crippen LogP contribution in [0.15, 0.2) is 54.6 Å². The lowest BCUT2D eigenvalue weighted by molar-refractivity contribution is -0.140. The van der Waals surface area contributed by atoms with E-state index in [1.54, 1.807) is 11.8 Å². The summed E-state index contributed by atoms with van der Waals surface area (Å²) in [5.41, 5.74) is 8.41. The summed E-state index contributed by atoms with van der Waals surface area (Å²) in [6.07, 6.45) is 0. The van der Waals surface area contributed by atoms with E-state index in [1.807, 2.05) is 54.6 Å². The maximum atomic E-state index is 11.0. The van der Waals surface area contributed by atoms with Gasteiger partial charge in [-0.3, -0.25) is 4.79 Å². The average molecular weight is 329 g/mol. The number of nitrogens with two attached hydrogens (primary N) is 1. The van der Waals surface area contributed by atoms with Gasteiger partial charge >= 0.3 is 5.97 Å². The van der Waals surface area contributed by atoms with Gasteiger partial charge in [0, 0.05) is 23.6 Å². The monoisotopic (exact) mass is 329 g/mol. The highest BCUT2D eigenvalue weighted by Gasteiger charge is 2.18. The number of aliphatic carboxylic acids is 1. The van der Waals surface area contributed by atoms with Crippen molar-refractivity contribution in [3.8, 4) is 0 Å². The zero-order chi connectivity index (χ0) is 16.8. The lowest BCUT2D eigenvalue weighted by Gasteiger charge is -2.25. The van der Waals surface area contributed by atoms with E-state index in [0.29, 0.717) is 0 Å². The Labute approximate surface area is 140 Å². The van der Waals surface area contributed by atoms with E-state index in [4.69, 9.17) is 23.1 Å². The van der Waals surface area contributed by atoms with Crippen LogP contribution in [-0.2, 0) is 4.79 Å². The highest BCUT2D eigenvalue weighted by atomic mass is 32.1.